The summed E-state index contributed by atoms with van der Waals surface area (Å²) in [7, 11) is 3.23. The molecule has 0 aliphatic rings. The molecular weight excluding hydrogens is 433 g/mol. The molecule has 0 bridgehead atoms. The second-order valence-corrected chi connectivity index (χ2v) is 7.86. The van der Waals surface area contributed by atoms with E-state index in [4.69, 9.17) is 37.8 Å². The van der Waals surface area contributed by atoms with Crippen molar-refractivity contribution in [3.63, 3.8) is 0 Å². The third kappa shape index (κ3) is 3.36. The first-order valence-electron chi connectivity index (χ1n) is 9.54. The van der Waals surface area contributed by atoms with E-state index in [9.17, 15) is 0 Å². The van der Waals surface area contributed by atoms with Crippen LogP contribution in [0.5, 0.6) is 11.5 Å². The van der Waals surface area contributed by atoms with Gasteiger partial charge in [-0.05, 0) is 42.5 Å². The zero-order valence-corrected chi connectivity index (χ0v) is 18.3. The number of hydrogen-bond acceptors (Lipinski definition) is 4. The molecule has 2 heterocycles. The molecule has 0 atom stereocenters. The summed E-state index contributed by atoms with van der Waals surface area (Å²) in [6.45, 7) is 0. The number of halogens is 2. The molecule has 0 fully saturated rings. The molecule has 0 radical (unpaired) electrons. The average molecular weight is 450 g/mol. The lowest BCUT2D eigenvalue weighted by atomic mass is 10.1. The van der Waals surface area contributed by atoms with Crippen molar-refractivity contribution in [1.29, 1.82) is 0 Å². The highest BCUT2D eigenvalue weighted by atomic mass is 35.5. The molecule has 31 heavy (non-hydrogen) atoms. The third-order valence-corrected chi connectivity index (χ3v) is 5.70. The summed E-state index contributed by atoms with van der Waals surface area (Å²) in [6, 6.07) is 19.0. The van der Waals surface area contributed by atoms with E-state index >= 15 is 0 Å². The second-order valence-electron chi connectivity index (χ2n) is 6.99. The molecule has 5 nitrogen and oxygen atoms in total. The van der Waals surface area contributed by atoms with Crippen LogP contribution in [0.1, 0.15) is 0 Å². The molecule has 0 unspecified atom stereocenters. The van der Waals surface area contributed by atoms with Crippen molar-refractivity contribution in [2.24, 2.45) is 0 Å². The highest BCUT2D eigenvalue weighted by Crippen LogP contribution is 2.38. The smallest absolute Gasteiger partial charge is 0.162 e. The minimum Gasteiger partial charge on any atom is -0.493 e. The van der Waals surface area contributed by atoms with E-state index in [0.717, 1.165) is 38.8 Å². The van der Waals surface area contributed by atoms with Gasteiger partial charge in [0.1, 0.15) is 5.69 Å². The lowest BCUT2D eigenvalue weighted by molar-refractivity contribution is 0.356. The van der Waals surface area contributed by atoms with Gasteiger partial charge in [-0.1, -0.05) is 35.3 Å². The van der Waals surface area contributed by atoms with Gasteiger partial charge in [0.15, 0.2) is 11.5 Å². The number of nitrogens with zero attached hydrogens (tertiary/aromatic N) is 3. The first-order valence-corrected chi connectivity index (χ1v) is 10.3. The Hall–Kier alpha value is -3.28. The summed E-state index contributed by atoms with van der Waals surface area (Å²) in [5, 5.41) is 8.11. The standard InChI is InChI=1S/C24H17Cl2N3O2/c1-30-21-11-18-20(12-22(21)31-2)27-13-19-23(14-3-5-15(25)6-4-14)28-29(24(18)19)17-9-7-16(26)8-10-17/h3-13H,1-2H3. The minimum absolute atomic E-state index is 0.623. The molecule has 7 heteroatoms. The Bertz CT molecular complexity index is 1410. The van der Waals surface area contributed by atoms with E-state index in [1.807, 2.05) is 71.5 Å². The summed E-state index contributed by atoms with van der Waals surface area (Å²) >= 11 is 12.2. The number of methoxy groups -OCH3 is 2. The number of pyridine rings is 1. The van der Waals surface area contributed by atoms with Crippen LogP contribution < -0.4 is 9.47 Å². The number of fused-ring (bicyclic) bond motifs is 3. The fourth-order valence-electron chi connectivity index (χ4n) is 3.70. The van der Waals surface area contributed by atoms with Gasteiger partial charge in [-0.3, -0.25) is 4.98 Å². The summed E-state index contributed by atoms with van der Waals surface area (Å²) in [5.74, 6) is 1.25. The van der Waals surface area contributed by atoms with Gasteiger partial charge in [0.25, 0.3) is 0 Å². The van der Waals surface area contributed by atoms with E-state index in [1.54, 1.807) is 14.2 Å². The molecule has 0 saturated heterocycles. The van der Waals surface area contributed by atoms with E-state index < -0.39 is 0 Å². The Morgan fingerprint density at radius 1 is 0.774 bits per heavy atom. The van der Waals surface area contributed by atoms with Crippen molar-refractivity contribution < 1.29 is 9.47 Å². The highest BCUT2D eigenvalue weighted by Gasteiger charge is 2.19. The van der Waals surface area contributed by atoms with Crippen LogP contribution in [0.4, 0.5) is 0 Å². The molecule has 0 N–H and O–H groups in total. The normalized spacial score (nSPS) is 11.2. The van der Waals surface area contributed by atoms with Crippen molar-refractivity contribution in [3.05, 3.63) is 76.9 Å². The van der Waals surface area contributed by atoms with E-state index in [0.29, 0.717) is 21.5 Å². The Morgan fingerprint density at radius 3 is 2.03 bits per heavy atom. The maximum atomic E-state index is 6.12. The summed E-state index contributed by atoms with van der Waals surface area (Å²) < 4.78 is 12.9. The Kier molecular flexibility index (Phi) is 4.93. The first kappa shape index (κ1) is 19.7. The molecule has 154 valence electrons. The minimum atomic E-state index is 0.623. The van der Waals surface area contributed by atoms with Crippen molar-refractivity contribution in [3.8, 4) is 28.4 Å². The van der Waals surface area contributed by atoms with Gasteiger partial charge in [0, 0.05) is 38.6 Å². The maximum Gasteiger partial charge on any atom is 0.162 e. The molecule has 3 aromatic carbocycles. The summed E-state index contributed by atoms with van der Waals surface area (Å²) in [4.78, 5) is 4.68. The molecule has 5 aromatic rings. The predicted molar refractivity (Wildman–Crippen MR) is 125 cm³/mol. The maximum absolute atomic E-state index is 6.12. The fourth-order valence-corrected chi connectivity index (χ4v) is 3.95. The quantitative estimate of drug-likeness (QED) is 0.311. The number of hydrogen-bond donors (Lipinski definition) is 0. The molecular formula is C24H17Cl2N3O2. The average Bonchev–Trinajstić information content (AvgIpc) is 3.19. The lowest BCUT2D eigenvalue weighted by Crippen LogP contribution is -1.98. The zero-order chi connectivity index (χ0) is 21.5. The molecule has 0 amide bonds. The molecule has 5 rings (SSSR count). The van der Waals surface area contributed by atoms with Gasteiger partial charge in [-0.2, -0.15) is 5.10 Å². The van der Waals surface area contributed by atoms with Gasteiger partial charge in [0.2, 0.25) is 0 Å². The van der Waals surface area contributed by atoms with Crippen LogP contribution in [0.25, 0.3) is 38.8 Å². The van der Waals surface area contributed by atoms with Gasteiger partial charge < -0.3 is 9.47 Å². The van der Waals surface area contributed by atoms with Crippen molar-refractivity contribution in [2.45, 2.75) is 0 Å². The van der Waals surface area contributed by atoms with Crippen molar-refractivity contribution >= 4 is 45.0 Å². The largest absolute Gasteiger partial charge is 0.493 e. The van der Waals surface area contributed by atoms with Gasteiger partial charge >= 0.3 is 0 Å². The van der Waals surface area contributed by atoms with Crippen molar-refractivity contribution in [1.82, 2.24) is 14.8 Å². The Balaban J connectivity index is 1.89. The Morgan fingerprint density at radius 2 is 1.39 bits per heavy atom. The molecule has 0 spiro atoms. The number of rotatable bonds is 4. The number of ether oxygens (including phenoxy) is 2. The third-order valence-electron chi connectivity index (χ3n) is 5.20. The molecule has 0 aliphatic heterocycles. The number of benzene rings is 3. The van der Waals surface area contributed by atoms with Crippen LogP contribution in [-0.4, -0.2) is 29.0 Å². The highest BCUT2D eigenvalue weighted by molar-refractivity contribution is 6.31. The topological polar surface area (TPSA) is 49.2 Å². The zero-order valence-electron chi connectivity index (χ0n) is 16.8. The van der Waals surface area contributed by atoms with Gasteiger partial charge in [-0.15, -0.1) is 0 Å². The number of aromatic nitrogens is 3. The molecule has 2 aromatic heterocycles. The second kappa shape index (κ2) is 7.76. The first-order chi connectivity index (χ1) is 15.1. The van der Waals surface area contributed by atoms with Crippen molar-refractivity contribution in [2.75, 3.05) is 14.2 Å². The summed E-state index contributed by atoms with van der Waals surface area (Å²) in [5.41, 5.74) is 4.34. The van der Waals surface area contributed by atoms with Gasteiger partial charge in [0.05, 0.1) is 30.9 Å². The summed E-state index contributed by atoms with van der Waals surface area (Å²) in [6.07, 6.45) is 1.84. The Labute approximate surface area is 188 Å². The van der Waals surface area contributed by atoms with Crippen LogP contribution in [-0.2, 0) is 0 Å². The van der Waals surface area contributed by atoms with Crippen LogP contribution >= 0.6 is 23.2 Å². The molecule has 0 aliphatic carbocycles. The predicted octanol–water partition coefficient (Wildman–Crippen LogP) is 6.56. The monoisotopic (exact) mass is 449 g/mol. The lowest BCUT2D eigenvalue weighted by Gasteiger charge is -2.11. The van der Waals surface area contributed by atoms with E-state index in [1.165, 1.54) is 0 Å². The van der Waals surface area contributed by atoms with E-state index in [-0.39, 0.29) is 0 Å². The van der Waals surface area contributed by atoms with Crippen LogP contribution in [0.3, 0.4) is 0 Å². The fraction of sp³-hybridized carbons (Fsp3) is 0.0833. The SMILES string of the molecule is COc1cc2ncc3c(-c4ccc(Cl)cc4)nn(-c4ccc(Cl)cc4)c3c2cc1OC. The van der Waals surface area contributed by atoms with Gasteiger partial charge in [-0.25, -0.2) is 4.68 Å². The molecule has 0 saturated carbocycles. The van der Waals surface area contributed by atoms with Crippen LogP contribution in [0.2, 0.25) is 10.0 Å². The van der Waals surface area contributed by atoms with E-state index in [2.05, 4.69) is 4.98 Å². The van der Waals surface area contributed by atoms with Crippen LogP contribution in [0.15, 0.2) is 66.9 Å². The van der Waals surface area contributed by atoms with Crippen LogP contribution in [0, 0.1) is 0 Å².